The summed E-state index contributed by atoms with van der Waals surface area (Å²) in [6.07, 6.45) is 1.82. The zero-order chi connectivity index (χ0) is 15.0. The summed E-state index contributed by atoms with van der Waals surface area (Å²) in [7, 11) is -3.00. The van der Waals surface area contributed by atoms with E-state index in [4.69, 9.17) is 11.6 Å². The highest BCUT2D eigenvalue weighted by Gasteiger charge is 2.46. The zero-order valence-electron chi connectivity index (χ0n) is 11.3. The van der Waals surface area contributed by atoms with Gasteiger partial charge < -0.3 is 4.90 Å². The van der Waals surface area contributed by atoms with Gasteiger partial charge in [-0.2, -0.15) is 0 Å². The number of thioether (sulfide) groups is 1. The average Bonchev–Trinajstić information content (AvgIpc) is 2.89. The number of benzene rings is 1. The third-order valence-corrected chi connectivity index (χ3v) is 6.46. The van der Waals surface area contributed by atoms with Crippen molar-refractivity contribution in [1.82, 2.24) is 0 Å². The molecule has 1 aromatic carbocycles. The molecule has 0 bridgehead atoms. The van der Waals surface area contributed by atoms with E-state index in [2.05, 4.69) is 11.6 Å². The Balaban J connectivity index is 1.95. The number of hydrogen-bond donors (Lipinski definition) is 0. The largest absolute Gasteiger partial charge is 0.315 e. The summed E-state index contributed by atoms with van der Waals surface area (Å²) in [5, 5.41) is 1.52. The van der Waals surface area contributed by atoms with Gasteiger partial charge in [0.1, 0.15) is 0 Å². The molecule has 2 unspecified atom stereocenters. The summed E-state index contributed by atoms with van der Waals surface area (Å²) >= 11 is 7.51. The molecule has 2 aliphatic rings. The van der Waals surface area contributed by atoms with Crippen LogP contribution in [0.25, 0.3) is 0 Å². The molecule has 1 aromatic rings. The van der Waals surface area contributed by atoms with E-state index in [0.29, 0.717) is 5.02 Å². The standard InChI is InChI=1S/C14H15ClN2O2S2/c1-2-7-20-14-16-12-8-21(18,19)9-13(12)17(14)11-5-3-10(15)4-6-11/h2-6,12-13H,1,7-9H2. The van der Waals surface area contributed by atoms with Gasteiger partial charge in [0, 0.05) is 16.5 Å². The van der Waals surface area contributed by atoms with E-state index in [9.17, 15) is 8.42 Å². The molecule has 4 nitrogen and oxygen atoms in total. The second-order valence-corrected chi connectivity index (χ2v) is 8.65. The van der Waals surface area contributed by atoms with E-state index >= 15 is 0 Å². The number of aliphatic imine (C=N–C) groups is 1. The van der Waals surface area contributed by atoms with E-state index in [0.717, 1.165) is 16.6 Å². The van der Waals surface area contributed by atoms with Crippen molar-refractivity contribution in [3.63, 3.8) is 0 Å². The van der Waals surface area contributed by atoms with Gasteiger partial charge >= 0.3 is 0 Å². The third-order valence-electron chi connectivity index (χ3n) is 3.54. The second-order valence-electron chi connectivity index (χ2n) is 5.07. The van der Waals surface area contributed by atoms with Crippen LogP contribution < -0.4 is 4.90 Å². The molecule has 0 N–H and O–H groups in total. The monoisotopic (exact) mass is 342 g/mol. The minimum atomic E-state index is -3.00. The summed E-state index contributed by atoms with van der Waals surface area (Å²) in [5.74, 6) is 1.04. The number of hydrogen-bond acceptors (Lipinski definition) is 5. The molecule has 0 amide bonds. The minimum Gasteiger partial charge on any atom is -0.315 e. The van der Waals surface area contributed by atoms with Gasteiger partial charge in [-0.05, 0) is 24.3 Å². The first-order valence-electron chi connectivity index (χ1n) is 6.57. The Morgan fingerprint density at radius 3 is 2.76 bits per heavy atom. The Kier molecular flexibility index (Phi) is 4.03. The molecule has 2 aliphatic heterocycles. The first-order chi connectivity index (χ1) is 10.00. The maximum absolute atomic E-state index is 11.9. The molecule has 0 aromatic heterocycles. The number of amidine groups is 1. The topological polar surface area (TPSA) is 49.7 Å². The molecule has 7 heteroatoms. The number of rotatable bonds is 3. The Labute approximate surface area is 133 Å². The lowest BCUT2D eigenvalue weighted by Crippen LogP contribution is -2.39. The van der Waals surface area contributed by atoms with E-state index in [-0.39, 0.29) is 23.6 Å². The van der Waals surface area contributed by atoms with Crippen LogP contribution in [0.4, 0.5) is 5.69 Å². The number of sulfone groups is 1. The lowest BCUT2D eigenvalue weighted by Gasteiger charge is -2.26. The molecule has 21 heavy (non-hydrogen) atoms. The van der Waals surface area contributed by atoms with Crippen LogP contribution in [0.2, 0.25) is 5.02 Å². The molecule has 0 aliphatic carbocycles. The summed E-state index contributed by atoms with van der Waals surface area (Å²) in [6, 6.07) is 7.15. The van der Waals surface area contributed by atoms with Crippen molar-refractivity contribution in [3.8, 4) is 0 Å². The fourth-order valence-corrected chi connectivity index (χ4v) is 5.50. The zero-order valence-corrected chi connectivity index (χ0v) is 13.7. The van der Waals surface area contributed by atoms with E-state index in [1.165, 1.54) is 0 Å². The van der Waals surface area contributed by atoms with Gasteiger partial charge in [0.2, 0.25) is 0 Å². The second kappa shape index (κ2) is 5.66. The normalized spacial score (nSPS) is 26.5. The first-order valence-corrected chi connectivity index (χ1v) is 9.75. The number of nitrogens with zero attached hydrogens (tertiary/aromatic N) is 2. The van der Waals surface area contributed by atoms with Crippen molar-refractivity contribution in [2.45, 2.75) is 12.1 Å². The summed E-state index contributed by atoms with van der Waals surface area (Å²) in [5.41, 5.74) is 0.930. The fourth-order valence-electron chi connectivity index (χ4n) is 2.67. The lowest BCUT2D eigenvalue weighted by molar-refractivity contribution is 0.601. The van der Waals surface area contributed by atoms with Gasteiger partial charge in [0.05, 0.1) is 23.6 Å². The highest BCUT2D eigenvalue weighted by molar-refractivity contribution is 8.14. The van der Waals surface area contributed by atoms with Crippen LogP contribution in [0.1, 0.15) is 0 Å². The quantitative estimate of drug-likeness (QED) is 0.792. The van der Waals surface area contributed by atoms with Crippen LogP contribution in [0.5, 0.6) is 0 Å². The van der Waals surface area contributed by atoms with Gasteiger partial charge in [0.25, 0.3) is 0 Å². The SMILES string of the molecule is C=CCSC1=NC2CS(=O)(=O)CC2N1c1ccc(Cl)cc1. The Morgan fingerprint density at radius 2 is 2.10 bits per heavy atom. The van der Waals surface area contributed by atoms with Gasteiger partial charge in [-0.3, -0.25) is 4.99 Å². The fraction of sp³-hybridized carbons (Fsp3) is 0.357. The lowest BCUT2D eigenvalue weighted by atomic mass is 10.1. The highest BCUT2D eigenvalue weighted by atomic mass is 35.5. The highest BCUT2D eigenvalue weighted by Crippen LogP contribution is 2.35. The van der Waals surface area contributed by atoms with Crippen LogP contribution in [0, 0.1) is 0 Å². The van der Waals surface area contributed by atoms with Gasteiger partial charge in [-0.1, -0.05) is 29.4 Å². The summed E-state index contributed by atoms with van der Waals surface area (Å²) < 4.78 is 23.7. The molecule has 0 saturated carbocycles. The average molecular weight is 343 g/mol. The van der Waals surface area contributed by atoms with Gasteiger partial charge in [-0.25, -0.2) is 8.42 Å². The van der Waals surface area contributed by atoms with E-state index in [1.54, 1.807) is 11.8 Å². The van der Waals surface area contributed by atoms with Crippen LogP contribution in [0.15, 0.2) is 41.9 Å². The maximum Gasteiger partial charge on any atom is 0.164 e. The Bertz CT molecular complexity index is 685. The van der Waals surface area contributed by atoms with Crippen molar-refractivity contribution < 1.29 is 8.42 Å². The predicted octanol–water partition coefficient (Wildman–Crippen LogP) is 2.60. The minimum absolute atomic E-state index is 0.108. The third kappa shape index (κ3) is 2.98. The molecular formula is C14H15ClN2O2S2. The van der Waals surface area contributed by atoms with Gasteiger partial charge in [-0.15, -0.1) is 6.58 Å². The summed E-state index contributed by atoms with van der Waals surface area (Å²) in [6.45, 7) is 3.72. The molecule has 3 rings (SSSR count). The van der Waals surface area contributed by atoms with Crippen molar-refractivity contribution in [1.29, 1.82) is 0 Å². The summed E-state index contributed by atoms with van der Waals surface area (Å²) in [4.78, 5) is 6.64. The van der Waals surface area contributed by atoms with E-state index in [1.807, 2.05) is 35.2 Å². The van der Waals surface area contributed by atoms with Crippen LogP contribution in [-0.2, 0) is 9.84 Å². The van der Waals surface area contributed by atoms with Crippen LogP contribution in [-0.4, -0.2) is 42.9 Å². The van der Waals surface area contributed by atoms with Crippen molar-refractivity contribution in [2.75, 3.05) is 22.2 Å². The molecule has 0 spiro atoms. The first kappa shape index (κ1) is 14.9. The van der Waals surface area contributed by atoms with Crippen LogP contribution >= 0.6 is 23.4 Å². The Hall–Kier alpha value is -0.980. The van der Waals surface area contributed by atoms with Crippen molar-refractivity contribution in [2.24, 2.45) is 4.99 Å². The predicted molar refractivity (Wildman–Crippen MR) is 90.3 cm³/mol. The van der Waals surface area contributed by atoms with Crippen LogP contribution in [0.3, 0.4) is 0 Å². The number of fused-ring (bicyclic) bond motifs is 1. The molecular weight excluding hydrogens is 328 g/mol. The number of halogens is 1. The molecule has 0 radical (unpaired) electrons. The molecule has 1 fully saturated rings. The molecule has 1 saturated heterocycles. The van der Waals surface area contributed by atoms with Crippen molar-refractivity contribution in [3.05, 3.63) is 41.9 Å². The molecule has 112 valence electrons. The Morgan fingerprint density at radius 1 is 1.38 bits per heavy atom. The molecule has 2 heterocycles. The maximum atomic E-state index is 11.9. The smallest absolute Gasteiger partial charge is 0.164 e. The number of anilines is 1. The molecule has 2 atom stereocenters. The van der Waals surface area contributed by atoms with Crippen molar-refractivity contribution >= 4 is 44.1 Å². The van der Waals surface area contributed by atoms with Gasteiger partial charge in [0.15, 0.2) is 15.0 Å². The van der Waals surface area contributed by atoms with E-state index < -0.39 is 9.84 Å².